The van der Waals surface area contributed by atoms with Crippen LogP contribution in [0.5, 0.6) is 5.75 Å². The zero-order valence-electron chi connectivity index (χ0n) is 19.6. The molecule has 1 saturated carbocycles. The number of amides is 1. The van der Waals surface area contributed by atoms with E-state index in [9.17, 15) is 4.79 Å². The van der Waals surface area contributed by atoms with E-state index in [1.807, 2.05) is 48.7 Å². The van der Waals surface area contributed by atoms with E-state index in [-0.39, 0.29) is 5.91 Å². The summed E-state index contributed by atoms with van der Waals surface area (Å²) in [6.45, 7) is 0.550. The average molecular weight is 473 g/mol. The van der Waals surface area contributed by atoms with Gasteiger partial charge in [-0.05, 0) is 79.5 Å². The number of carbonyl (C=O) groups is 1. The minimum atomic E-state index is 0.0723. The summed E-state index contributed by atoms with van der Waals surface area (Å²) in [5.74, 6) is 0.906. The zero-order valence-corrected chi connectivity index (χ0v) is 20.4. The molecule has 2 aromatic carbocycles. The van der Waals surface area contributed by atoms with Crippen molar-refractivity contribution in [3.05, 3.63) is 81.7 Å². The highest BCUT2D eigenvalue weighted by Gasteiger charge is 2.27. The van der Waals surface area contributed by atoms with Crippen molar-refractivity contribution in [1.29, 1.82) is 0 Å². The Bertz CT molecular complexity index is 1130. The van der Waals surface area contributed by atoms with Gasteiger partial charge < -0.3 is 10.1 Å². The Balaban J connectivity index is 1.29. The Hall–Kier alpha value is -2.92. The molecule has 4 nitrogen and oxygen atoms in total. The molecule has 2 aliphatic rings. The van der Waals surface area contributed by atoms with Crippen LogP contribution in [0.25, 0.3) is 0 Å². The van der Waals surface area contributed by atoms with Crippen molar-refractivity contribution < 1.29 is 9.53 Å². The molecule has 1 aromatic heterocycles. The summed E-state index contributed by atoms with van der Waals surface area (Å²) >= 11 is 1.70. The third-order valence-electron chi connectivity index (χ3n) is 6.78. The monoisotopic (exact) mass is 472 g/mol. The molecule has 0 aliphatic heterocycles. The standard InChI is InChI=1S/C29H32N2O2S/c32-28(31-23-11-5-2-6-12-23)27-25-13-7-8-14-26(25)34-29(27)30-19-21-15-17-24(18-16-21)33-20-22-9-3-1-4-10-22/h1,3-4,9-10,15-19,23H,2,5-8,11-14,20H2,(H,31,32). The Morgan fingerprint density at radius 2 is 1.74 bits per heavy atom. The number of fused-ring (bicyclic) bond motifs is 1. The van der Waals surface area contributed by atoms with Gasteiger partial charge in [0.05, 0.1) is 5.56 Å². The van der Waals surface area contributed by atoms with Crippen LogP contribution >= 0.6 is 11.3 Å². The van der Waals surface area contributed by atoms with Crippen molar-refractivity contribution in [3.8, 4) is 5.75 Å². The topological polar surface area (TPSA) is 50.7 Å². The average Bonchev–Trinajstić information content (AvgIpc) is 3.27. The molecule has 5 heteroatoms. The van der Waals surface area contributed by atoms with Gasteiger partial charge >= 0.3 is 0 Å². The van der Waals surface area contributed by atoms with E-state index in [0.717, 1.165) is 59.5 Å². The number of nitrogens with zero attached hydrogens (tertiary/aromatic N) is 1. The summed E-state index contributed by atoms with van der Waals surface area (Å²) in [5.41, 5.74) is 4.21. The Labute approximate surface area is 206 Å². The first-order valence-corrected chi connectivity index (χ1v) is 13.3. The Morgan fingerprint density at radius 1 is 0.971 bits per heavy atom. The summed E-state index contributed by atoms with van der Waals surface area (Å²) in [5, 5.41) is 4.17. The summed E-state index contributed by atoms with van der Waals surface area (Å²) < 4.78 is 5.89. The highest BCUT2D eigenvalue weighted by molar-refractivity contribution is 7.16. The van der Waals surface area contributed by atoms with Gasteiger partial charge in [0.2, 0.25) is 0 Å². The maximum absolute atomic E-state index is 13.3. The number of rotatable bonds is 7. The van der Waals surface area contributed by atoms with E-state index in [2.05, 4.69) is 17.4 Å². The van der Waals surface area contributed by atoms with Crippen molar-refractivity contribution >= 4 is 28.5 Å². The number of ether oxygens (including phenoxy) is 1. The van der Waals surface area contributed by atoms with Gasteiger partial charge in [-0.2, -0.15) is 0 Å². The highest BCUT2D eigenvalue weighted by atomic mass is 32.1. The van der Waals surface area contributed by atoms with Gasteiger partial charge in [-0.25, -0.2) is 4.99 Å². The second kappa shape index (κ2) is 11.0. The van der Waals surface area contributed by atoms with Gasteiger partial charge in [0.25, 0.3) is 5.91 Å². The normalized spacial score (nSPS) is 16.4. The van der Waals surface area contributed by atoms with Crippen LogP contribution in [0.2, 0.25) is 0 Å². The number of thiophene rings is 1. The minimum absolute atomic E-state index is 0.0723. The van der Waals surface area contributed by atoms with Gasteiger partial charge in [-0.15, -0.1) is 11.3 Å². The van der Waals surface area contributed by atoms with Gasteiger partial charge in [0.15, 0.2) is 0 Å². The quantitative estimate of drug-likeness (QED) is 0.376. The van der Waals surface area contributed by atoms with E-state index in [1.165, 1.54) is 36.1 Å². The van der Waals surface area contributed by atoms with Crippen LogP contribution in [0.4, 0.5) is 5.00 Å². The third kappa shape index (κ3) is 5.58. The Morgan fingerprint density at radius 3 is 2.53 bits per heavy atom. The van der Waals surface area contributed by atoms with E-state index in [0.29, 0.717) is 12.6 Å². The molecule has 0 saturated heterocycles. The van der Waals surface area contributed by atoms with Gasteiger partial charge in [0.1, 0.15) is 17.4 Å². The summed E-state index contributed by atoms with van der Waals surface area (Å²) in [7, 11) is 0. The lowest BCUT2D eigenvalue weighted by molar-refractivity contribution is 0.0927. The molecule has 0 unspecified atom stereocenters. The maximum Gasteiger partial charge on any atom is 0.254 e. The molecule has 2 aliphatic carbocycles. The Kier molecular flexibility index (Phi) is 7.40. The molecule has 1 heterocycles. The lowest BCUT2D eigenvalue weighted by Gasteiger charge is -2.23. The van der Waals surface area contributed by atoms with Crippen LogP contribution in [0.15, 0.2) is 59.6 Å². The molecular formula is C29H32N2O2S. The largest absolute Gasteiger partial charge is 0.489 e. The smallest absolute Gasteiger partial charge is 0.254 e. The molecule has 0 radical (unpaired) electrons. The number of carbonyl (C=O) groups excluding carboxylic acids is 1. The third-order valence-corrected chi connectivity index (χ3v) is 7.98. The summed E-state index contributed by atoms with van der Waals surface area (Å²) in [6.07, 6.45) is 12.2. The molecule has 3 aromatic rings. The molecule has 5 rings (SSSR count). The fourth-order valence-corrected chi connectivity index (χ4v) is 6.14. The second-order valence-corrected chi connectivity index (χ2v) is 10.4. The predicted octanol–water partition coefficient (Wildman–Crippen LogP) is 7.02. The lowest BCUT2D eigenvalue weighted by Crippen LogP contribution is -2.36. The fourth-order valence-electron chi connectivity index (χ4n) is 4.91. The molecule has 0 atom stereocenters. The van der Waals surface area contributed by atoms with Gasteiger partial charge in [-0.3, -0.25) is 4.79 Å². The summed E-state index contributed by atoms with van der Waals surface area (Å²) in [4.78, 5) is 19.5. The second-order valence-electron chi connectivity index (χ2n) is 9.30. The fraction of sp³-hybridized carbons (Fsp3) is 0.379. The van der Waals surface area contributed by atoms with Gasteiger partial charge in [-0.1, -0.05) is 49.6 Å². The summed E-state index contributed by atoms with van der Waals surface area (Å²) in [6, 6.07) is 18.4. The van der Waals surface area contributed by atoms with Crippen LogP contribution in [0, 0.1) is 0 Å². The van der Waals surface area contributed by atoms with Crippen molar-refractivity contribution in [3.63, 3.8) is 0 Å². The minimum Gasteiger partial charge on any atom is -0.489 e. The number of benzene rings is 2. The van der Waals surface area contributed by atoms with Crippen LogP contribution in [-0.2, 0) is 19.4 Å². The molecular weight excluding hydrogens is 440 g/mol. The van der Waals surface area contributed by atoms with Gasteiger partial charge in [0, 0.05) is 17.1 Å². The highest BCUT2D eigenvalue weighted by Crippen LogP contribution is 2.40. The molecule has 1 amide bonds. The molecule has 0 spiro atoms. The van der Waals surface area contributed by atoms with Crippen molar-refractivity contribution in [1.82, 2.24) is 5.32 Å². The first kappa shape index (κ1) is 22.9. The number of nitrogens with one attached hydrogen (secondary N) is 1. The number of aliphatic imine (C=N–C) groups is 1. The van der Waals surface area contributed by atoms with Crippen molar-refractivity contribution in [2.75, 3.05) is 0 Å². The SMILES string of the molecule is O=C(NC1CCCCC1)c1c(N=Cc2ccc(OCc3ccccc3)cc2)sc2c1CCCC2. The zero-order chi connectivity index (χ0) is 23.2. The van der Waals surface area contributed by atoms with Crippen LogP contribution in [-0.4, -0.2) is 18.2 Å². The number of hydrogen-bond donors (Lipinski definition) is 1. The van der Waals surface area contributed by atoms with E-state index >= 15 is 0 Å². The van der Waals surface area contributed by atoms with Crippen molar-refractivity contribution in [2.45, 2.75) is 70.4 Å². The predicted molar refractivity (Wildman–Crippen MR) is 140 cm³/mol. The van der Waals surface area contributed by atoms with E-state index in [1.54, 1.807) is 11.3 Å². The van der Waals surface area contributed by atoms with Crippen LogP contribution < -0.4 is 10.1 Å². The molecule has 1 N–H and O–H groups in total. The van der Waals surface area contributed by atoms with Crippen LogP contribution in [0.3, 0.4) is 0 Å². The number of aryl methyl sites for hydroxylation is 1. The van der Waals surface area contributed by atoms with E-state index < -0.39 is 0 Å². The first-order valence-electron chi connectivity index (χ1n) is 12.5. The molecule has 1 fully saturated rings. The first-order chi connectivity index (χ1) is 16.8. The number of hydrogen-bond acceptors (Lipinski definition) is 4. The maximum atomic E-state index is 13.3. The lowest BCUT2D eigenvalue weighted by atomic mass is 9.93. The molecule has 0 bridgehead atoms. The molecule has 34 heavy (non-hydrogen) atoms. The van der Waals surface area contributed by atoms with Crippen LogP contribution in [0.1, 0.15) is 76.9 Å². The van der Waals surface area contributed by atoms with Crippen molar-refractivity contribution in [2.24, 2.45) is 4.99 Å². The van der Waals surface area contributed by atoms with E-state index in [4.69, 9.17) is 9.73 Å². The molecule has 176 valence electrons.